The van der Waals surface area contributed by atoms with Crippen LogP contribution in [-0.2, 0) is 11.3 Å². The van der Waals surface area contributed by atoms with Crippen LogP contribution < -0.4 is 4.90 Å². The van der Waals surface area contributed by atoms with Gasteiger partial charge in [0.15, 0.2) is 5.78 Å². The third kappa shape index (κ3) is 4.45. The summed E-state index contributed by atoms with van der Waals surface area (Å²) in [5.41, 5.74) is 0.795. The summed E-state index contributed by atoms with van der Waals surface area (Å²) < 4.78 is 5.37. The molecule has 5 heteroatoms. The van der Waals surface area contributed by atoms with Gasteiger partial charge in [0.25, 0.3) is 0 Å². The van der Waals surface area contributed by atoms with Gasteiger partial charge in [0.1, 0.15) is 5.76 Å². The van der Waals surface area contributed by atoms with Gasteiger partial charge < -0.3 is 9.32 Å². The van der Waals surface area contributed by atoms with Gasteiger partial charge in [-0.2, -0.15) is 0 Å². The molecule has 0 N–H and O–H groups in total. The first-order chi connectivity index (χ1) is 12.1. The Balaban J connectivity index is 1.69. The van der Waals surface area contributed by atoms with E-state index in [0.29, 0.717) is 17.2 Å². The molecule has 0 saturated heterocycles. The zero-order chi connectivity index (χ0) is 17.6. The smallest absolute Gasteiger partial charge is 0.227 e. The Kier molecular flexibility index (Phi) is 5.46. The molecule has 3 aromatic rings. The van der Waals surface area contributed by atoms with Crippen LogP contribution in [0, 0.1) is 6.92 Å². The SMILES string of the molecule is Cc1ccc(C(=O)CCC(=O)N(Cc2ccco2)c2ccccc2)s1. The molecule has 0 saturated carbocycles. The Labute approximate surface area is 150 Å². The van der Waals surface area contributed by atoms with Crippen molar-refractivity contribution in [3.05, 3.63) is 76.4 Å². The lowest BCUT2D eigenvalue weighted by Gasteiger charge is -2.21. The van der Waals surface area contributed by atoms with E-state index in [1.165, 1.54) is 11.3 Å². The molecule has 2 heterocycles. The number of aryl methyl sites for hydroxylation is 1. The van der Waals surface area contributed by atoms with Gasteiger partial charge in [-0.05, 0) is 43.3 Å². The van der Waals surface area contributed by atoms with Crippen molar-refractivity contribution in [2.24, 2.45) is 0 Å². The average molecular weight is 353 g/mol. The van der Waals surface area contributed by atoms with E-state index < -0.39 is 0 Å². The Morgan fingerprint density at radius 3 is 2.44 bits per heavy atom. The minimum absolute atomic E-state index is 0.0115. The van der Waals surface area contributed by atoms with E-state index in [0.717, 1.165) is 10.6 Å². The van der Waals surface area contributed by atoms with Crippen LogP contribution in [0.1, 0.15) is 33.2 Å². The lowest BCUT2D eigenvalue weighted by atomic mass is 10.1. The number of benzene rings is 1. The molecule has 0 aliphatic carbocycles. The van der Waals surface area contributed by atoms with Gasteiger partial charge in [-0.1, -0.05) is 18.2 Å². The van der Waals surface area contributed by atoms with Gasteiger partial charge in [-0.3, -0.25) is 9.59 Å². The summed E-state index contributed by atoms with van der Waals surface area (Å²) in [4.78, 5) is 28.5. The van der Waals surface area contributed by atoms with Gasteiger partial charge in [0, 0.05) is 23.4 Å². The molecule has 25 heavy (non-hydrogen) atoms. The van der Waals surface area contributed by atoms with Crippen LogP contribution in [-0.4, -0.2) is 11.7 Å². The lowest BCUT2D eigenvalue weighted by molar-refractivity contribution is -0.118. The van der Waals surface area contributed by atoms with Crippen LogP contribution >= 0.6 is 11.3 Å². The van der Waals surface area contributed by atoms with Crippen molar-refractivity contribution < 1.29 is 14.0 Å². The molecular formula is C20H19NO3S. The molecule has 1 amide bonds. The van der Waals surface area contributed by atoms with Crippen molar-refractivity contribution in [1.82, 2.24) is 0 Å². The number of carbonyl (C=O) groups excluding carboxylic acids is 2. The van der Waals surface area contributed by atoms with E-state index in [4.69, 9.17) is 4.42 Å². The molecule has 1 aromatic carbocycles. The molecule has 0 radical (unpaired) electrons. The zero-order valence-corrected chi connectivity index (χ0v) is 14.8. The number of thiophene rings is 1. The zero-order valence-electron chi connectivity index (χ0n) is 14.0. The number of nitrogens with zero attached hydrogens (tertiary/aromatic N) is 1. The predicted octanol–water partition coefficient (Wildman–Crippen LogP) is 4.85. The molecule has 128 valence electrons. The van der Waals surface area contributed by atoms with Crippen LogP contribution in [0.25, 0.3) is 0 Å². The number of rotatable bonds is 7. The summed E-state index contributed by atoms with van der Waals surface area (Å²) in [5, 5.41) is 0. The van der Waals surface area contributed by atoms with Crippen LogP contribution in [0.3, 0.4) is 0 Å². The average Bonchev–Trinajstić information content (AvgIpc) is 3.29. The number of carbonyl (C=O) groups is 2. The standard InChI is InChI=1S/C20H19NO3S/c1-15-9-11-19(25-15)18(22)10-12-20(23)21(14-17-8-5-13-24-17)16-6-3-2-4-7-16/h2-9,11,13H,10,12,14H2,1H3. The van der Waals surface area contributed by atoms with E-state index in [9.17, 15) is 9.59 Å². The van der Waals surface area contributed by atoms with Gasteiger partial charge in [-0.25, -0.2) is 0 Å². The maximum atomic E-state index is 12.7. The van der Waals surface area contributed by atoms with Gasteiger partial charge in [0.2, 0.25) is 5.91 Å². The molecule has 0 spiro atoms. The van der Waals surface area contributed by atoms with Gasteiger partial charge >= 0.3 is 0 Å². The van der Waals surface area contributed by atoms with Crippen molar-refractivity contribution in [1.29, 1.82) is 0 Å². The summed E-state index contributed by atoms with van der Waals surface area (Å²) in [6, 6.07) is 16.8. The summed E-state index contributed by atoms with van der Waals surface area (Å²) in [6.45, 7) is 2.31. The first kappa shape index (κ1) is 17.2. The minimum atomic E-state index is -0.0933. The fraction of sp³-hybridized carbons (Fsp3) is 0.200. The molecule has 0 aliphatic heterocycles. The highest BCUT2D eigenvalue weighted by Crippen LogP contribution is 2.21. The molecular weight excluding hydrogens is 334 g/mol. The fourth-order valence-corrected chi connectivity index (χ4v) is 3.39. The number of hydrogen-bond donors (Lipinski definition) is 0. The van der Waals surface area contributed by atoms with Crippen molar-refractivity contribution in [2.75, 3.05) is 4.90 Å². The van der Waals surface area contributed by atoms with E-state index in [2.05, 4.69) is 0 Å². The lowest BCUT2D eigenvalue weighted by Crippen LogP contribution is -2.30. The third-order valence-electron chi connectivity index (χ3n) is 3.84. The second-order valence-electron chi connectivity index (χ2n) is 5.73. The van der Waals surface area contributed by atoms with Crippen molar-refractivity contribution >= 4 is 28.7 Å². The number of furan rings is 1. The number of amides is 1. The largest absolute Gasteiger partial charge is 0.467 e. The number of anilines is 1. The highest BCUT2D eigenvalue weighted by Gasteiger charge is 2.19. The molecule has 3 rings (SSSR count). The maximum absolute atomic E-state index is 12.7. The van der Waals surface area contributed by atoms with Crippen molar-refractivity contribution in [3.8, 4) is 0 Å². The quantitative estimate of drug-likeness (QED) is 0.571. The predicted molar refractivity (Wildman–Crippen MR) is 99.0 cm³/mol. The molecule has 0 unspecified atom stereocenters. The monoisotopic (exact) mass is 353 g/mol. The second-order valence-corrected chi connectivity index (χ2v) is 7.02. The second kappa shape index (κ2) is 7.94. The highest BCUT2D eigenvalue weighted by molar-refractivity contribution is 7.14. The fourth-order valence-electron chi connectivity index (χ4n) is 2.55. The van der Waals surface area contributed by atoms with Crippen molar-refractivity contribution in [3.63, 3.8) is 0 Å². The Bertz CT molecular complexity index is 837. The Hall–Kier alpha value is -2.66. The number of ketones is 1. The van der Waals surface area contributed by atoms with Crippen LogP contribution in [0.15, 0.2) is 65.3 Å². The molecule has 0 bridgehead atoms. The summed E-state index contributed by atoms with van der Waals surface area (Å²) in [6.07, 6.45) is 1.97. The van der Waals surface area contributed by atoms with E-state index >= 15 is 0 Å². The summed E-state index contributed by atoms with van der Waals surface area (Å²) >= 11 is 1.47. The summed E-state index contributed by atoms with van der Waals surface area (Å²) in [5.74, 6) is 0.624. The Morgan fingerprint density at radius 1 is 1.00 bits per heavy atom. The third-order valence-corrected chi connectivity index (χ3v) is 4.89. The molecule has 0 atom stereocenters. The van der Waals surface area contributed by atoms with Crippen molar-refractivity contribution in [2.45, 2.75) is 26.3 Å². The van der Waals surface area contributed by atoms with Crippen LogP contribution in [0.2, 0.25) is 0 Å². The number of hydrogen-bond acceptors (Lipinski definition) is 4. The molecule has 2 aromatic heterocycles. The van der Waals surface area contributed by atoms with Gasteiger partial charge in [-0.15, -0.1) is 11.3 Å². The Morgan fingerprint density at radius 2 is 1.80 bits per heavy atom. The normalized spacial score (nSPS) is 10.6. The number of para-hydroxylation sites is 1. The first-order valence-corrected chi connectivity index (χ1v) is 8.92. The summed E-state index contributed by atoms with van der Waals surface area (Å²) in [7, 11) is 0. The molecule has 0 aliphatic rings. The van der Waals surface area contributed by atoms with Crippen LogP contribution in [0.5, 0.6) is 0 Å². The molecule has 0 fully saturated rings. The maximum Gasteiger partial charge on any atom is 0.227 e. The van der Waals surface area contributed by atoms with E-state index in [-0.39, 0.29) is 24.5 Å². The minimum Gasteiger partial charge on any atom is -0.467 e. The molecule has 4 nitrogen and oxygen atoms in total. The van der Waals surface area contributed by atoms with E-state index in [1.807, 2.05) is 55.5 Å². The highest BCUT2D eigenvalue weighted by atomic mass is 32.1. The van der Waals surface area contributed by atoms with Crippen LogP contribution in [0.4, 0.5) is 5.69 Å². The van der Waals surface area contributed by atoms with E-state index in [1.54, 1.807) is 17.2 Å². The number of Topliss-reactive ketones (excluding diaryl/α,β-unsaturated/α-hetero) is 1. The first-order valence-electron chi connectivity index (χ1n) is 8.11. The van der Waals surface area contributed by atoms with Gasteiger partial charge in [0.05, 0.1) is 17.7 Å². The topological polar surface area (TPSA) is 50.5 Å².